The van der Waals surface area contributed by atoms with Crippen LogP contribution in [-0.4, -0.2) is 24.2 Å². The summed E-state index contributed by atoms with van der Waals surface area (Å²) in [5.41, 5.74) is 1.67. The molecule has 0 atom stereocenters. The number of benzene rings is 1. The molecule has 1 N–H and O–H groups in total. The van der Waals surface area contributed by atoms with E-state index in [2.05, 4.69) is 5.32 Å². The van der Waals surface area contributed by atoms with Gasteiger partial charge in [0.15, 0.2) is 5.43 Å². The number of hydrogen-bond donors (Lipinski definition) is 1. The molecule has 2 heterocycles. The third kappa shape index (κ3) is 3.68. The number of hydrogen-bond acceptors (Lipinski definition) is 5. The number of rotatable bonds is 5. The van der Waals surface area contributed by atoms with Crippen molar-refractivity contribution in [2.24, 2.45) is 0 Å². The molecule has 0 aliphatic heterocycles. The summed E-state index contributed by atoms with van der Waals surface area (Å²) in [7, 11) is 1.55. The molecule has 27 heavy (non-hydrogen) atoms. The van der Waals surface area contributed by atoms with Crippen LogP contribution >= 0.6 is 0 Å². The molecule has 0 aliphatic rings. The monoisotopic (exact) mass is 368 g/mol. The van der Waals surface area contributed by atoms with E-state index < -0.39 is 5.91 Å². The lowest BCUT2D eigenvalue weighted by Crippen LogP contribution is -2.32. The molecule has 1 amide bonds. The molecule has 2 aromatic heterocycles. The first-order valence-corrected chi connectivity index (χ1v) is 8.45. The Bertz CT molecular complexity index is 1130. The van der Waals surface area contributed by atoms with Gasteiger partial charge < -0.3 is 19.0 Å². The molecule has 1 aromatic carbocycles. The maximum atomic E-state index is 12.8. The summed E-state index contributed by atoms with van der Waals surface area (Å²) in [5.74, 6) is -0.525. The molecule has 0 saturated carbocycles. The molecular formula is C20H20N2O5. The van der Waals surface area contributed by atoms with Crippen molar-refractivity contribution < 1.29 is 13.9 Å². The first-order valence-electron chi connectivity index (χ1n) is 8.45. The standard InChI is InChI=1S/C20H20N2O5/c1-12-10-13(2)22(7-9-26-3)20(25)18(12)19(24)21-14-4-5-17-15(11-14)16(23)6-8-27-17/h4-6,8,10-11H,7,9H2,1-3H3,(H,21,24). The number of carbonyl (C=O) groups is 1. The van der Waals surface area contributed by atoms with Gasteiger partial charge in [0.25, 0.3) is 11.5 Å². The zero-order valence-corrected chi connectivity index (χ0v) is 15.4. The van der Waals surface area contributed by atoms with E-state index in [1.165, 1.54) is 23.0 Å². The van der Waals surface area contributed by atoms with Crippen molar-refractivity contribution in [3.05, 3.63) is 74.0 Å². The number of fused-ring (bicyclic) bond motifs is 1. The van der Waals surface area contributed by atoms with Crippen molar-refractivity contribution in [3.8, 4) is 0 Å². The largest absolute Gasteiger partial charge is 0.464 e. The summed E-state index contributed by atoms with van der Waals surface area (Å²) >= 11 is 0. The van der Waals surface area contributed by atoms with Crippen molar-refractivity contribution >= 4 is 22.6 Å². The van der Waals surface area contributed by atoms with Gasteiger partial charge in [0.05, 0.1) is 18.3 Å². The van der Waals surface area contributed by atoms with Crippen LogP contribution in [-0.2, 0) is 11.3 Å². The number of aryl methyl sites for hydroxylation is 2. The maximum absolute atomic E-state index is 12.8. The van der Waals surface area contributed by atoms with E-state index in [1.807, 2.05) is 6.92 Å². The van der Waals surface area contributed by atoms with E-state index in [0.29, 0.717) is 35.4 Å². The summed E-state index contributed by atoms with van der Waals surface area (Å²) in [4.78, 5) is 37.5. The van der Waals surface area contributed by atoms with Gasteiger partial charge in [-0.1, -0.05) is 0 Å². The van der Waals surface area contributed by atoms with Crippen LogP contribution < -0.4 is 16.3 Å². The third-order valence-corrected chi connectivity index (χ3v) is 4.37. The van der Waals surface area contributed by atoms with E-state index in [9.17, 15) is 14.4 Å². The molecule has 0 saturated heterocycles. The Hall–Kier alpha value is -3.19. The number of aromatic nitrogens is 1. The van der Waals surface area contributed by atoms with E-state index in [0.717, 1.165) is 5.69 Å². The second-order valence-corrected chi connectivity index (χ2v) is 6.24. The molecule has 0 aliphatic carbocycles. The van der Waals surface area contributed by atoms with Crippen LogP contribution in [0.25, 0.3) is 11.0 Å². The summed E-state index contributed by atoms with van der Waals surface area (Å²) in [5, 5.41) is 3.05. The first-order chi connectivity index (χ1) is 12.9. The number of nitrogens with one attached hydrogen (secondary N) is 1. The smallest absolute Gasteiger partial charge is 0.263 e. The number of pyridine rings is 1. The quantitative estimate of drug-likeness (QED) is 0.747. The summed E-state index contributed by atoms with van der Waals surface area (Å²) in [6.45, 7) is 4.26. The van der Waals surface area contributed by atoms with Crippen LogP contribution in [0.5, 0.6) is 0 Å². The molecule has 0 bridgehead atoms. The Labute approximate surface area is 155 Å². The maximum Gasteiger partial charge on any atom is 0.263 e. The topological polar surface area (TPSA) is 90.5 Å². The number of methoxy groups -OCH3 is 1. The van der Waals surface area contributed by atoms with Gasteiger partial charge in [-0.2, -0.15) is 0 Å². The van der Waals surface area contributed by atoms with Gasteiger partial charge >= 0.3 is 0 Å². The van der Waals surface area contributed by atoms with Crippen molar-refractivity contribution in [2.45, 2.75) is 20.4 Å². The third-order valence-electron chi connectivity index (χ3n) is 4.37. The van der Waals surface area contributed by atoms with Crippen LogP contribution in [0.2, 0.25) is 0 Å². The first kappa shape index (κ1) is 18.6. The molecular weight excluding hydrogens is 348 g/mol. The lowest BCUT2D eigenvalue weighted by atomic mass is 10.1. The zero-order valence-electron chi connectivity index (χ0n) is 15.4. The van der Waals surface area contributed by atoms with Crippen LogP contribution in [0.1, 0.15) is 21.6 Å². The Morgan fingerprint density at radius 1 is 1.19 bits per heavy atom. The second kappa shape index (κ2) is 7.59. The number of ether oxygens (including phenoxy) is 1. The van der Waals surface area contributed by atoms with Gasteiger partial charge in [0.2, 0.25) is 0 Å². The Kier molecular flexibility index (Phi) is 5.23. The highest BCUT2D eigenvalue weighted by molar-refractivity contribution is 6.05. The average Bonchev–Trinajstić information content (AvgIpc) is 2.62. The SMILES string of the molecule is COCCn1c(C)cc(C)c(C(=O)Nc2ccc3occc(=O)c3c2)c1=O. The Morgan fingerprint density at radius 2 is 1.96 bits per heavy atom. The Morgan fingerprint density at radius 3 is 2.70 bits per heavy atom. The summed E-state index contributed by atoms with van der Waals surface area (Å²) in [6.07, 6.45) is 1.32. The van der Waals surface area contributed by atoms with Gasteiger partial charge in [-0.05, 0) is 43.7 Å². The van der Waals surface area contributed by atoms with Gasteiger partial charge in [-0.3, -0.25) is 14.4 Å². The minimum atomic E-state index is -0.525. The molecule has 0 unspecified atom stereocenters. The molecule has 0 fully saturated rings. The number of amides is 1. The van der Waals surface area contributed by atoms with Gasteiger partial charge in [-0.25, -0.2) is 0 Å². The minimum absolute atomic E-state index is 0.0666. The molecule has 3 rings (SSSR count). The molecule has 7 nitrogen and oxygen atoms in total. The van der Waals surface area contributed by atoms with Crippen molar-refractivity contribution in [2.75, 3.05) is 19.0 Å². The molecule has 3 aromatic rings. The minimum Gasteiger partial charge on any atom is -0.464 e. The highest BCUT2D eigenvalue weighted by Crippen LogP contribution is 2.17. The molecule has 7 heteroatoms. The van der Waals surface area contributed by atoms with Crippen LogP contribution in [0.3, 0.4) is 0 Å². The van der Waals surface area contributed by atoms with E-state index >= 15 is 0 Å². The normalized spacial score (nSPS) is 10.9. The van der Waals surface area contributed by atoms with Crippen LogP contribution in [0, 0.1) is 13.8 Å². The van der Waals surface area contributed by atoms with Crippen molar-refractivity contribution in [1.82, 2.24) is 4.57 Å². The lowest BCUT2D eigenvalue weighted by molar-refractivity contribution is 0.102. The molecule has 0 spiro atoms. The van der Waals surface area contributed by atoms with Crippen LogP contribution in [0.4, 0.5) is 5.69 Å². The number of nitrogens with zero attached hydrogens (tertiary/aromatic N) is 1. The van der Waals surface area contributed by atoms with Crippen molar-refractivity contribution in [3.63, 3.8) is 0 Å². The lowest BCUT2D eigenvalue weighted by Gasteiger charge is -2.14. The number of carbonyl (C=O) groups excluding carboxylic acids is 1. The predicted octanol–water partition coefficient (Wildman–Crippen LogP) is 2.47. The Balaban J connectivity index is 1.98. The number of anilines is 1. The molecule has 0 radical (unpaired) electrons. The van der Waals surface area contributed by atoms with E-state index in [-0.39, 0.29) is 16.6 Å². The average molecular weight is 368 g/mol. The summed E-state index contributed by atoms with van der Waals surface area (Å²) < 4.78 is 11.8. The molecule has 140 valence electrons. The highest BCUT2D eigenvalue weighted by Gasteiger charge is 2.18. The van der Waals surface area contributed by atoms with Crippen molar-refractivity contribution in [1.29, 1.82) is 0 Å². The zero-order chi connectivity index (χ0) is 19.6. The highest BCUT2D eigenvalue weighted by atomic mass is 16.5. The van der Waals surface area contributed by atoms with Gasteiger partial charge in [0.1, 0.15) is 11.1 Å². The van der Waals surface area contributed by atoms with E-state index in [1.54, 1.807) is 32.2 Å². The van der Waals surface area contributed by atoms with Crippen LogP contribution in [0.15, 0.2) is 50.6 Å². The fraction of sp³-hybridized carbons (Fsp3) is 0.250. The second-order valence-electron chi connectivity index (χ2n) is 6.24. The fourth-order valence-electron chi connectivity index (χ4n) is 3.02. The summed E-state index contributed by atoms with van der Waals surface area (Å²) in [6, 6.07) is 7.86. The van der Waals surface area contributed by atoms with Gasteiger partial charge in [-0.15, -0.1) is 0 Å². The van der Waals surface area contributed by atoms with E-state index in [4.69, 9.17) is 9.15 Å². The fourth-order valence-corrected chi connectivity index (χ4v) is 3.02. The van der Waals surface area contributed by atoms with Gasteiger partial charge in [0, 0.05) is 31.1 Å². The predicted molar refractivity (Wildman–Crippen MR) is 102 cm³/mol.